The Kier molecular flexibility index (Phi) is 4.56. The lowest BCUT2D eigenvalue weighted by Crippen LogP contribution is -2.36. The predicted octanol–water partition coefficient (Wildman–Crippen LogP) is 3.75. The number of fused-ring (bicyclic) bond motifs is 1. The highest BCUT2D eigenvalue weighted by Crippen LogP contribution is 2.39. The lowest BCUT2D eigenvalue weighted by Gasteiger charge is -2.28. The van der Waals surface area contributed by atoms with E-state index >= 15 is 0 Å². The van der Waals surface area contributed by atoms with E-state index in [9.17, 15) is 8.42 Å². The molecule has 3 rings (SSSR count). The van der Waals surface area contributed by atoms with Crippen molar-refractivity contribution in [3.8, 4) is 5.75 Å². The molecule has 0 aliphatic carbocycles. The minimum absolute atomic E-state index is 0.0359. The maximum atomic E-state index is 13.0. The summed E-state index contributed by atoms with van der Waals surface area (Å²) in [6.07, 6.45) is 0.680. The summed E-state index contributed by atoms with van der Waals surface area (Å²) < 4.78 is 32.6. The molecule has 0 amide bonds. The normalized spacial score (nSPS) is 15.3. The third-order valence-electron chi connectivity index (χ3n) is 3.93. The van der Waals surface area contributed by atoms with Gasteiger partial charge in [0.25, 0.3) is 0 Å². The number of hydrogen-bond donors (Lipinski definition) is 0. The number of methoxy groups -OCH3 is 1. The van der Waals surface area contributed by atoms with Crippen LogP contribution in [0.15, 0.2) is 41.3 Å². The van der Waals surface area contributed by atoms with Gasteiger partial charge >= 0.3 is 0 Å². The highest BCUT2D eigenvalue weighted by Gasteiger charge is 2.31. The van der Waals surface area contributed by atoms with Crippen LogP contribution in [0.2, 0.25) is 10.0 Å². The molecule has 1 aliphatic rings. The van der Waals surface area contributed by atoms with Crippen LogP contribution < -0.4 is 4.74 Å². The molecule has 0 atom stereocenters. The van der Waals surface area contributed by atoms with Crippen LogP contribution >= 0.6 is 23.2 Å². The Morgan fingerprint density at radius 3 is 2.48 bits per heavy atom. The first kappa shape index (κ1) is 16.6. The molecule has 0 saturated heterocycles. The summed E-state index contributed by atoms with van der Waals surface area (Å²) in [7, 11) is -2.34. The van der Waals surface area contributed by atoms with Crippen molar-refractivity contribution < 1.29 is 13.2 Å². The smallest absolute Gasteiger partial charge is 0.247 e. The SMILES string of the molecule is COc1c(S(=O)(=O)N2CCc3ccccc3C2)ccc(Cl)c1Cl. The van der Waals surface area contributed by atoms with E-state index < -0.39 is 10.0 Å². The molecular weight excluding hydrogens is 357 g/mol. The Balaban J connectivity index is 2.02. The van der Waals surface area contributed by atoms with Crippen molar-refractivity contribution in [3.63, 3.8) is 0 Å². The fourth-order valence-corrected chi connectivity index (χ4v) is 4.75. The first-order valence-electron chi connectivity index (χ1n) is 7.04. The standard InChI is InChI=1S/C16H15Cl2NO3S/c1-22-16-14(7-6-13(17)15(16)18)23(20,21)19-9-8-11-4-2-3-5-12(11)10-19/h2-7H,8-10H2,1H3. The second-order valence-corrected chi connectivity index (χ2v) is 7.94. The monoisotopic (exact) mass is 371 g/mol. The number of sulfonamides is 1. The topological polar surface area (TPSA) is 46.6 Å². The van der Waals surface area contributed by atoms with Crippen LogP contribution in [0.1, 0.15) is 11.1 Å². The van der Waals surface area contributed by atoms with E-state index in [0.717, 1.165) is 5.56 Å². The largest absolute Gasteiger partial charge is 0.494 e. The molecule has 0 N–H and O–H groups in total. The number of halogens is 2. The lowest BCUT2D eigenvalue weighted by atomic mass is 10.0. The van der Waals surface area contributed by atoms with Gasteiger partial charge in [-0.05, 0) is 29.7 Å². The zero-order valence-electron chi connectivity index (χ0n) is 12.4. The predicted molar refractivity (Wildman–Crippen MR) is 90.8 cm³/mol. The van der Waals surface area contributed by atoms with Gasteiger partial charge in [0.15, 0.2) is 5.75 Å². The van der Waals surface area contributed by atoms with E-state index in [-0.39, 0.29) is 20.7 Å². The molecule has 0 spiro atoms. The van der Waals surface area contributed by atoms with Gasteiger partial charge in [0.1, 0.15) is 9.92 Å². The zero-order valence-corrected chi connectivity index (χ0v) is 14.7. The molecule has 1 heterocycles. The minimum Gasteiger partial charge on any atom is -0.494 e. The molecule has 2 aromatic rings. The third kappa shape index (κ3) is 2.94. The lowest BCUT2D eigenvalue weighted by molar-refractivity contribution is 0.378. The van der Waals surface area contributed by atoms with E-state index in [1.54, 1.807) is 0 Å². The van der Waals surface area contributed by atoms with Crippen molar-refractivity contribution >= 4 is 33.2 Å². The van der Waals surface area contributed by atoms with Crippen molar-refractivity contribution in [3.05, 3.63) is 57.6 Å². The van der Waals surface area contributed by atoms with Crippen molar-refractivity contribution in [1.82, 2.24) is 4.31 Å². The fraction of sp³-hybridized carbons (Fsp3) is 0.250. The quantitative estimate of drug-likeness (QED) is 0.825. The number of benzene rings is 2. The molecular formula is C16H15Cl2NO3S. The summed E-state index contributed by atoms with van der Waals surface area (Å²) in [5, 5.41) is 0.360. The Morgan fingerprint density at radius 1 is 1.09 bits per heavy atom. The van der Waals surface area contributed by atoms with E-state index in [1.165, 1.54) is 29.1 Å². The van der Waals surface area contributed by atoms with Gasteiger partial charge in [-0.25, -0.2) is 8.42 Å². The van der Waals surface area contributed by atoms with E-state index in [1.807, 2.05) is 24.3 Å². The molecule has 0 bridgehead atoms. The van der Waals surface area contributed by atoms with Crippen LogP contribution in [0.25, 0.3) is 0 Å². The minimum atomic E-state index is -3.72. The molecule has 23 heavy (non-hydrogen) atoms. The summed E-state index contributed by atoms with van der Waals surface area (Å²) in [5.41, 5.74) is 2.20. The highest BCUT2D eigenvalue weighted by atomic mass is 35.5. The van der Waals surface area contributed by atoms with Gasteiger partial charge in [-0.15, -0.1) is 0 Å². The molecule has 4 nitrogen and oxygen atoms in total. The summed E-state index contributed by atoms with van der Waals surface area (Å²) in [6.45, 7) is 0.755. The van der Waals surface area contributed by atoms with Crippen LogP contribution in [-0.2, 0) is 23.0 Å². The van der Waals surface area contributed by atoms with E-state index in [2.05, 4.69) is 0 Å². The van der Waals surface area contributed by atoms with Gasteiger partial charge in [0, 0.05) is 13.1 Å². The molecule has 0 unspecified atom stereocenters. The zero-order chi connectivity index (χ0) is 16.6. The van der Waals surface area contributed by atoms with Gasteiger partial charge < -0.3 is 4.74 Å². The van der Waals surface area contributed by atoms with Gasteiger partial charge in [0.2, 0.25) is 10.0 Å². The van der Waals surface area contributed by atoms with Gasteiger partial charge in [-0.2, -0.15) is 4.31 Å². The maximum absolute atomic E-state index is 13.0. The Labute approximate surface area is 145 Å². The summed E-state index contributed by atoms with van der Waals surface area (Å²) in [6, 6.07) is 10.8. The van der Waals surface area contributed by atoms with Crippen LogP contribution in [0, 0.1) is 0 Å². The molecule has 0 fully saturated rings. The molecule has 7 heteroatoms. The molecule has 0 radical (unpaired) electrons. The fourth-order valence-electron chi connectivity index (χ4n) is 2.72. The molecule has 122 valence electrons. The number of hydrogen-bond acceptors (Lipinski definition) is 3. The van der Waals surface area contributed by atoms with E-state index in [4.69, 9.17) is 27.9 Å². The van der Waals surface area contributed by atoms with Crippen molar-refractivity contribution in [2.75, 3.05) is 13.7 Å². The Hall–Kier alpha value is -1.27. The van der Waals surface area contributed by atoms with E-state index in [0.29, 0.717) is 19.5 Å². The molecule has 1 aliphatic heterocycles. The van der Waals surface area contributed by atoms with Crippen LogP contribution in [0.5, 0.6) is 5.75 Å². The first-order chi connectivity index (χ1) is 10.9. The second-order valence-electron chi connectivity index (χ2n) is 5.25. The summed E-state index contributed by atoms with van der Waals surface area (Å²) in [5.74, 6) is 0.0815. The third-order valence-corrected chi connectivity index (χ3v) is 6.59. The average molecular weight is 372 g/mol. The van der Waals surface area contributed by atoms with Crippen LogP contribution in [-0.4, -0.2) is 26.4 Å². The van der Waals surface area contributed by atoms with Crippen molar-refractivity contribution in [1.29, 1.82) is 0 Å². The maximum Gasteiger partial charge on any atom is 0.247 e. The number of ether oxygens (including phenoxy) is 1. The van der Waals surface area contributed by atoms with Crippen molar-refractivity contribution in [2.45, 2.75) is 17.9 Å². The molecule has 0 aromatic heterocycles. The second kappa shape index (κ2) is 6.32. The number of nitrogens with zero attached hydrogens (tertiary/aromatic N) is 1. The van der Waals surface area contributed by atoms with Crippen LogP contribution in [0.4, 0.5) is 0 Å². The van der Waals surface area contributed by atoms with Crippen LogP contribution in [0.3, 0.4) is 0 Å². The van der Waals surface area contributed by atoms with Gasteiger partial charge in [0.05, 0.1) is 12.1 Å². The van der Waals surface area contributed by atoms with Crippen molar-refractivity contribution in [2.24, 2.45) is 0 Å². The van der Waals surface area contributed by atoms with Gasteiger partial charge in [-0.3, -0.25) is 0 Å². The molecule has 0 saturated carbocycles. The average Bonchev–Trinajstić information content (AvgIpc) is 2.56. The van der Waals surface area contributed by atoms with Gasteiger partial charge in [-0.1, -0.05) is 47.5 Å². The highest BCUT2D eigenvalue weighted by molar-refractivity contribution is 7.89. The summed E-state index contributed by atoms with van der Waals surface area (Å²) in [4.78, 5) is 0.0359. The molecule has 2 aromatic carbocycles. The summed E-state index contributed by atoms with van der Waals surface area (Å²) >= 11 is 12.0. The Morgan fingerprint density at radius 2 is 1.78 bits per heavy atom. The number of rotatable bonds is 3. The first-order valence-corrected chi connectivity index (χ1v) is 9.23. The Bertz CT molecular complexity index is 852.